The zero-order valence-electron chi connectivity index (χ0n) is 10.3. The van der Waals surface area contributed by atoms with E-state index in [-0.39, 0.29) is 11.8 Å². The summed E-state index contributed by atoms with van der Waals surface area (Å²) < 4.78 is 10.2. The molecule has 0 saturated heterocycles. The van der Waals surface area contributed by atoms with E-state index in [1.807, 2.05) is 0 Å². The van der Waals surface area contributed by atoms with E-state index in [2.05, 4.69) is 0 Å². The molecule has 1 fully saturated rings. The third-order valence-corrected chi connectivity index (χ3v) is 3.54. The number of phenolic OH excluding ortho intramolecular Hbond substituents is 1. The van der Waals surface area contributed by atoms with Gasteiger partial charge in [-0.25, -0.2) is 0 Å². The summed E-state index contributed by atoms with van der Waals surface area (Å²) in [7, 11) is 3.04. The zero-order valence-corrected chi connectivity index (χ0v) is 10.3. The Balaban J connectivity index is 2.32. The standard InChI is InChI=1S/C13H19NO3/c1-16-10-6-9(7-11(17-2)13(10)15)12(14)8-4-3-5-8/h6-8,12,15H,3-5,14H2,1-2H3/t12-/m0/s1. The van der Waals surface area contributed by atoms with Crippen LogP contribution in [0.2, 0.25) is 0 Å². The lowest BCUT2D eigenvalue weighted by molar-refractivity contribution is 0.262. The second kappa shape index (κ2) is 4.84. The zero-order chi connectivity index (χ0) is 12.4. The minimum Gasteiger partial charge on any atom is -0.502 e. The van der Waals surface area contributed by atoms with Gasteiger partial charge in [0.25, 0.3) is 0 Å². The average molecular weight is 237 g/mol. The van der Waals surface area contributed by atoms with E-state index in [0.29, 0.717) is 17.4 Å². The van der Waals surface area contributed by atoms with Crippen LogP contribution in [-0.2, 0) is 0 Å². The lowest BCUT2D eigenvalue weighted by Gasteiger charge is -2.31. The molecule has 17 heavy (non-hydrogen) atoms. The molecule has 0 spiro atoms. The van der Waals surface area contributed by atoms with Crippen molar-refractivity contribution in [3.05, 3.63) is 17.7 Å². The molecular formula is C13H19NO3. The van der Waals surface area contributed by atoms with Crippen molar-refractivity contribution in [1.82, 2.24) is 0 Å². The summed E-state index contributed by atoms with van der Waals surface area (Å²) in [4.78, 5) is 0. The van der Waals surface area contributed by atoms with Crippen molar-refractivity contribution in [2.45, 2.75) is 25.3 Å². The Morgan fingerprint density at radius 2 is 1.76 bits per heavy atom. The molecule has 0 bridgehead atoms. The number of benzene rings is 1. The topological polar surface area (TPSA) is 64.7 Å². The van der Waals surface area contributed by atoms with Gasteiger partial charge >= 0.3 is 0 Å². The van der Waals surface area contributed by atoms with Gasteiger partial charge in [0.05, 0.1) is 14.2 Å². The van der Waals surface area contributed by atoms with Crippen LogP contribution < -0.4 is 15.2 Å². The average Bonchev–Trinajstić information content (AvgIpc) is 2.27. The van der Waals surface area contributed by atoms with E-state index in [0.717, 1.165) is 5.56 Å². The molecule has 0 unspecified atom stereocenters. The Morgan fingerprint density at radius 1 is 1.24 bits per heavy atom. The maximum Gasteiger partial charge on any atom is 0.200 e. The van der Waals surface area contributed by atoms with Crippen LogP contribution in [0.15, 0.2) is 12.1 Å². The van der Waals surface area contributed by atoms with Gasteiger partial charge in [-0.3, -0.25) is 0 Å². The van der Waals surface area contributed by atoms with E-state index in [1.54, 1.807) is 12.1 Å². The fourth-order valence-corrected chi connectivity index (χ4v) is 2.18. The van der Waals surface area contributed by atoms with Gasteiger partial charge in [0, 0.05) is 6.04 Å². The molecule has 0 amide bonds. The Morgan fingerprint density at radius 3 is 2.12 bits per heavy atom. The number of nitrogens with two attached hydrogens (primary N) is 1. The van der Waals surface area contributed by atoms with Crippen molar-refractivity contribution in [3.8, 4) is 17.2 Å². The van der Waals surface area contributed by atoms with Crippen LogP contribution >= 0.6 is 0 Å². The molecule has 4 nitrogen and oxygen atoms in total. The van der Waals surface area contributed by atoms with Gasteiger partial charge in [-0.05, 0) is 36.5 Å². The normalized spacial score (nSPS) is 17.4. The van der Waals surface area contributed by atoms with Gasteiger partial charge in [-0.1, -0.05) is 6.42 Å². The minimum atomic E-state index is -0.00727. The Kier molecular flexibility index (Phi) is 3.43. The second-order valence-corrected chi connectivity index (χ2v) is 4.49. The number of aromatic hydroxyl groups is 1. The van der Waals surface area contributed by atoms with Gasteiger partial charge in [0.1, 0.15) is 0 Å². The molecule has 0 heterocycles. The van der Waals surface area contributed by atoms with E-state index in [1.165, 1.54) is 33.5 Å². The SMILES string of the molecule is COc1cc([C@@H](N)C2CCC2)cc(OC)c1O. The third kappa shape index (κ3) is 2.17. The fraction of sp³-hybridized carbons (Fsp3) is 0.538. The molecule has 1 saturated carbocycles. The first kappa shape index (κ1) is 12.0. The second-order valence-electron chi connectivity index (χ2n) is 4.49. The quantitative estimate of drug-likeness (QED) is 0.842. The van der Waals surface area contributed by atoms with Gasteiger partial charge in [-0.15, -0.1) is 0 Å². The predicted molar refractivity (Wildman–Crippen MR) is 65.5 cm³/mol. The molecule has 0 aromatic heterocycles. The van der Waals surface area contributed by atoms with Crippen LogP contribution in [0.25, 0.3) is 0 Å². The van der Waals surface area contributed by atoms with Crippen molar-refractivity contribution in [2.75, 3.05) is 14.2 Å². The lowest BCUT2D eigenvalue weighted by atomic mass is 9.77. The van der Waals surface area contributed by atoms with Gasteiger partial charge in [0.15, 0.2) is 11.5 Å². The fourth-order valence-electron chi connectivity index (χ4n) is 2.18. The number of rotatable bonds is 4. The van der Waals surface area contributed by atoms with E-state index in [4.69, 9.17) is 15.2 Å². The number of methoxy groups -OCH3 is 2. The number of ether oxygens (including phenoxy) is 2. The molecule has 1 aromatic rings. The van der Waals surface area contributed by atoms with Crippen LogP contribution in [0.1, 0.15) is 30.9 Å². The van der Waals surface area contributed by atoms with Crippen molar-refractivity contribution in [3.63, 3.8) is 0 Å². The predicted octanol–water partition coefficient (Wildman–Crippen LogP) is 2.21. The van der Waals surface area contributed by atoms with Crippen LogP contribution in [0.4, 0.5) is 0 Å². The Hall–Kier alpha value is -1.42. The van der Waals surface area contributed by atoms with Gasteiger partial charge in [0.2, 0.25) is 5.75 Å². The molecule has 94 valence electrons. The Labute approximate surface area is 101 Å². The molecule has 0 aliphatic heterocycles. The number of hydrogen-bond donors (Lipinski definition) is 2. The number of phenols is 1. The molecule has 3 N–H and O–H groups in total. The van der Waals surface area contributed by atoms with Crippen LogP contribution in [0.5, 0.6) is 17.2 Å². The summed E-state index contributed by atoms with van der Waals surface area (Å²) in [5.41, 5.74) is 7.16. The monoisotopic (exact) mass is 237 g/mol. The van der Waals surface area contributed by atoms with Crippen molar-refractivity contribution < 1.29 is 14.6 Å². The molecule has 1 aliphatic carbocycles. The highest BCUT2D eigenvalue weighted by molar-refractivity contribution is 5.53. The first-order valence-electron chi connectivity index (χ1n) is 5.87. The highest BCUT2D eigenvalue weighted by Gasteiger charge is 2.27. The van der Waals surface area contributed by atoms with Crippen molar-refractivity contribution in [2.24, 2.45) is 11.7 Å². The summed E-state index contributed by atoms with van der Waals surface area (Å²) >= 11 is 0. The molecule has 0 radical (unpaired) electrons. The molecular weight excluding hydrogens is 218 g/mol. The molecule has 4 heteroatoms. The Bertz CT molecular complexity index is 377. The van der Waals surface area contributed by atoms with E-state index in [9.17, 15) is 5.11 Å². The van der Waals surface area contributed by atoms with Gasteiger partial charge < -0.3 is 20.3 Å². The summed E-state index contributed by atoms with van der Waals surface area (Å²) in [5.74, 6) is 1.39. The number of hydrogen-bond acceptors (Lipinski definition) is 4. The third-order valence-electron chi connectivity index (χ3n) is 3.54. The van der Waals surface area contributed by atoms with Crippen LogP contribution in [-0.4, -0.2) is 19.3 Å². The lowest BCUT2D eigenvalue weighted by Crippen LogP contribution is -2.26. The van der Waals surface area contributed by atoms with E-state index < -0.39 is 0 Å². The maximum atomic E-state index is 9.81. The van der Waals surface area contributed by atoms with E-state index >= 15 is 0 Å². The molecule has 1 aromatic carbocycles. The first-order valence-corrected chi connectivity index (χ1v) is 5.87. The summed E-state index contributed by atoms with van der Waals surface area (Å²) in [6.07, 6.45) is 3.60. The van der Waals surface area contributed by atoms with Gasteiger partial charge in [-0.2, -0.15) is 0 Å². The minimum absolute atomic E-state index is 0.00727. The molecule has 1 aliphatic rings. The highest BCUT2D eigenvalue weighted by Crippen LogP contribution is 2.42. The molecule has 1 atom stereocenters. The van der Waals surface area contributed by atoms with Crippen LogP contribution in [0, 0.1) is 5.92 Å². The largest absolute Gasteiger partial charge is 0.502 e. The maximum absolute atomic E-state index is 9.81. The molecule has 2 rings (SSSR count). The summed E-state index contributed by atoms with van der Waals surface area (Å²) in [5, 5.41) is 9.81. The van der Waals surface area contributed by atoms with Crippen molar-refractivity contribution in [1.29, 1.82) is 0 Å². The van der Waals surface area contributed by atoms with Crippen molar-refractivity contribution >= 4 is 0 Å². The highest BCUT2D eigenvalue weighted by atomic mass is 16.5. The summed E-state index contributed by atoms with van der Waals surface area (Å²) in [6.45, 7) is 0. The summed E-state index contributed by atoms with van der Waals surface area (Å²) in [6, 6.07) is 3.58. The smallest absolute Gasteiger partial charge is 0.200 e. The van der Waals surface area contributed by atoms with Crippen LogP contribution in [0.3, 0.4) is 0 Å². The first-order chi connectivity index (χ1) is 8.17.